The molecule has 0 radical (unpaired) electrons. The van der Waals surface area contributed by atoms with Crippen LogP contribution in [0.1, 0.15) is 33.3 Å². The van der Waals surface area contributed by atoms with Crippen molar-refractivity contribution >= 4 is 17.5 Å². The van der Waals surface area contributed by atoms with Crippen LogP contribution in [0.5, 0.6) is 5.75 Å². The number of piperazine rings is 1. The zero-order valence-electron chi connectivity index (χ0n) is 20.6. The summed E-state index contributed by atoms with van der Waals surface area (Å²) >= 11 is 0. The van der Waals surface area contributed by atoms with Crippen LogP contribution < -0.4 is 4.74 Å². The lowest BCUT2D eigenvalue weighted by Crippen LogP contribution is -2.55. The number of hydrogen-bond donors (Lipinski definition) is 0. The standard InChI is InChI=1S/C27H24F3N5O3/c1-17-16-33(25(36)19-6-4-3-5-7-19)12-13-34(17)26(37)21-15-31-35-23(27(28,29)30)14-22(32-24(21)35)18-8-10-20(38-2)11-9-18/h3-11,14-15,17H,12-13,16H2,1-2H3/t17-/m1/s1. The molecular formula is C27H24F3N5O3. The summed E-state index contributed by atoms with van der Waals surface area (Å²) in [5.41, 5.74) is -0.241. The highest BCUT2D eigenvalue weighted by Crippen LogP contribution is 2.33. The van der Waals surface area contributed by atoms with Gasteiger partial charge in [-0.25, -0.2) is 9.50 Å². The normalized spacial score (nSPS) is 16.1. The van der Waals surface area contributed by atoms with Crippen molar-refractivity contribution in [2.45, 2.75) is 19.1 Å². The lowest BCUT2D eigenvalue weighted by atomic mass is 10.1. The van der Waals surface area contributed by atoms with E-state index in [1.54, 1.807) is 65.3 Å². The number of rotatable bonds is 4. The van der Waals surface area contributed by atoms with Gasteiger partial charge in [0.15, 0.2) is 11.3 Å². The third-order valence-electron chi connectivity index (χ3n) is 6.57. The molecule has 1 aliphatic heterocycles. The van der Waals surface area contributed by atoms with E-state index in [0.717, 1.165) is 12.3 Å². The summed E-state index contributed by atoms with van der Waals surface area (Å²) in [5, 5.41) is 3.87. The van der Waals surface area contributed by atoms with Gasteiger partial charge in [0.2, 0.25) is 0 Å². The number of carbonyl (C=O) groups is 2. The fourth-order valence-electron chi connectivity index (χ4n) is 4.59. The van der Waals surface area contributed by atoms with E-state index in [9.17, 15) is 22.8 Å². The monoisotopic (exact) mass is 523 g/mol. The first-order valence-corrected chi connectivity index (χ1v) is 11.9. The first-order chi connectivity index (χ1) is 18.2. The van der Waals surface area contributed by atoms with E-state index >= 15 is 0 Å². The maximum Gasteiger partial charge on any atom is 0.433 e. The number of halogens is 3. The molecule has 0 N–H and O–H groups in total. The van der Waals surface area contributed by atoms with Gasteiger partial charge in [-0.3, -0.25) is 9.59 Å². The van der Waals surface area contributed by atoms with Gasteiger partial charge in [0.25, 0.3) is 11.8 Å². The predicted octanol–water partition coefficient (Wildman–Crippen LogP) is 4.41. The van der Waals surface area contributed by atoms with Crippen LogP contribution in [-0.4, -0.2) is 69.0 Å². The summed E-state index contributed by atoms with van der Waals surface area (Å²) in [6.07, 6.45) is -3.61. The van der Waals surface area contributed by atoms with Gasteiger partial charge in [0, 0.05) is 36.8 Å². The van der Waals surface area contributed by atoms with Crippen molar-refractivity contribution < 1.29 is 27.5 Å². The van der Waals surface area contributed by atoms with Crippen LogP contribution in [0.4, 0.5) is 13.2 Å². The maximum absolute atomic E-state index is 14.0. The Hall–Kier alpha value is -4.41. The van der Waals surface area contributed by atoms with E-state index in [1.807, 2.05) is 6.07 Å². The van der Waals surface area contributed by atoms with E-state index < -0.39 is 17.8 Å². The fourth-order valence-corrected chi connectivity index (χ4v) is 4.59. The summed E-state index contributed by atoms with van der Waals surface area (Å²) in [5.74, 6) is -0.0852. The van der Waals surface area contributed by atoms with Gasteiger partial charge in [0.1, 0.15) is 11.3 Å². The van der Waals surface area contributed by atoms with E-state index in [4.69, 9.17) is 4.74 Å². The topological polar surface area (TPSA) is 80.0 Å². The van der Waals surface area contributed by atoms with Crippen molar-refractivity contribution in [3.8, 4) is 17.0 Å². The number of carbonyl (C=O) groups excluding carboxylic acids is 2. The highest BCUT2D eigenvalue weighted by Gasteiger charge is 2.37. The average Bonchev–Trinajstić information content (AvgIpc) is 3.35. The Balaban J connectivity index is 1.47. The Labute approximate surface area is 216 Å². The SMILES string of the molecule is COc1ccc(-c2cc(C(F)(F)F)n3ncc(C(=O)N4CCN(C(=O)c5ccccc5)C[C@H]4C)c3n2)cc1. The summed E-state index contributed by atoms with van der Waals surface area (Å²) in [6.45, 7) is 2.60. The second-order valence-corrected chi connectivity index (χ2v) is 9.01. The molecule has 38 heavy (non-hydrogen) atoms. The quantitative estimate of drug-likeness (QED) is 0.396. The van der Waals surface area contributed by atoms with Gasteiger partial charge in [-0.15, -0.1) is 0 Å². The first kappa shape index (κ1) is 25.2. The molecule has 4 aromatic rings. The number of aromatic nitrogens is 3. The molecule has 196 valence electrons. The first-order valence-electron chi connectivity index (χ1n) is 11.9. The minimum absolute atomic E-state index is 0.0412. The lowest BCUT2D eigenvalue weighted by Gasteiger charge is -2.39. The van der Waals surface area contributed by atoms with Gasteiger partial charge in [-0.2, -0.15) is 18.3 Å². The summed E-state index contributed by atoms with van der Waals surface area (Å²) in [7, 11) is 1.49. The molecule has 0 unspecified atom stereocenters. The van der Waals surface area contributed by atoms with Crippen molar-refractivity contribution in [1.82, 2.24) is 24.4 Å². The Morgan fingerprint density at radius 2 is 1.71 bits per heavy atom. The van der Waals surface area contributed by atoms with Crippen molar-refractivity contribution in [2.24, 2.45) is 0 Å². The second kappa shape index (κ2) is 9.81. The van der Waals surface area contributed by atoms with E-state index in [2.05, 4.69) is 10.1 Å². The van der Waals surface area contributed by atoms with Crippen LogP contribution in [0.3, 0.4) is 0 Å². The summed E-state index contributed by atoms with van der Waals surface area (Å²) < 4.78 is 47.7. The van der Waals surface area contributed by atoms with Gasteiger partial charge < -0.3 is 14.5 Å². The molecule has 2 amide bonds. The summed E-state index contributed by atoms with van der Waals surface area (Å²) in [6, 6.07) is 15.8. The van der Waals surface area contributed by atoms with Gasteiger partial charge in [-0.05, 0) is 49.4 Å². The van der Waals surface area contributed by atoms with Crippen molar-refractivity contribution in [1.29, 1.82) is 0 Å². The number of amides is 2. The smallest absolute Gasteiger partial charge is 0.433 e. The third kappa shape index (κ3) is 4.67. The molecule has 3 heterocycles. The number of hydrogen-bond acceptors (Lipinski definition) is 5. The van der Waals surface area contributed by atoms with E-state index in [1.165, 1.54) is 7.11 Å². The number of benzene rings is 2. The van der Waals surface area contributed by atoms with Crippen LogP contribution >= 0.6 is 0 Å². The summed E-state index contributed by atoms with van der Waals surface area (Å²) in [4.78, 5) is 34.0. The van der Waals surface area contributed by atoms with E-state index in [0.29, 0.717) is 27.9 Å². The molecule has 1 aliphatic rings. The Morgan fingerprint density at radius 3 is 2.34 bits per heavy atom. The van der Waals surface area contributed by atoms with Gasteiger partial charge >= 0.3 is 6.18 Å². The zero-order valence-corrected chi connectivity index (χ0v) is 20.6. The molecule has 5 rings (SSSR count). The number of fused-ring (bicyclic) bond motifs is 1. The Bertz CT molecular complexity index is 1490. The highest BCUT2D eigenvalue weighted by atomic mass is 19.4. The molecule has 8 nitrogen and oxygen atoms in total. The maximum atomic E-state index is 14.0. The molecular weight excluding hydrogens is 499 g/mol. The minimum Gasteiger partial charge on any atom is -0.497 e. The van der Waals surface area contributed by atoms with Crippen LogP contribution in [0.15, 0.2) is 66.9 Å². The van der Waals surface area contributed by atoms with Crippen LogP contribution in [0, 0.1) is 0 Å². The van der Waals surface area contributed by atoms with E-state index in [-0.39, 0.29) is 41.9 Å². The second-order valence-electron chi connectivity index (χ2n) is 9.01. The van der Waals surface area contributed by atoms with Gasteiger partial charge in [-0.1, -0.05) is 18.2 Å². The molecule has 11 heteroatoms. The van der Waals surface area contributed by atoms with Crippen molar-refractivity contribution in [3.05, 3.63) is 83.7 Å². The fraction of sp³-hybridized carbons (Fsp3) is 0.259. The highest BCUT2D eigenvalue weighted by molar-refractivity contribution is 6.00. The van der Waals surface area contributed by atoms with Crippen LogP contribution in [0.25, 0.3) is 16.9 Å². The molecule has 1 atom stereocenters. The lowest BCUT2D eigenvalue weighted by molar-refractivity contribution is -0.142. The van der Waals surface area contributed by atoms with Crippen LogP contribution in [-0.2, 0) is 6.18 Å². The number of methoxy groups -OCH3 is 1. The molecule has 0 aliphatic carbocycles. The number of ether oxygens (including phenoxy) is 1. The van der Waals surface area contributed by atoms with Gasteiger partial charge in [0.05, 0.1) is 19.0 Å². The molecule has 0 spiro atoms. The molecule has 1 saturated heterocycles. The zero-order chi connectivity index (χ0) is 27.0. The molecule has 0 bridgehead atoms. The van der Waals surface area contributed by atoms with Crippen LogP contribution in [0.2, 0.25) is 0 Å². The average molecular weight is 524 g/mol. The Kier molecular flexibility index (Phi) is 6.52. The largest absolute Gasteiger partial charge is 0.497 e. The molecule has 2 aromatic heterocycles. The molecule has 0 saturated carbocycles. The minimum atomic E-state index is -4.73. The Morgan fingerprint density at radius 1 is 1.00 bits per heavy atom. The predicted molar refractivity (Wildman–Crippen MR) is 133 cm³/mol. The van der Waals surface area contributed by atoms with Crippen molar-refractivity contribution in [3.63, 3.8) is 0 Å². The molecule has 2 aromatic carbocycles. The number of alkyl halides is 3. The third-order valence-corrected chi connectivity index (χ3v) is 6.57. The molecule has 1 fully saturated rings. The number of nitrogens with zero attached hydrogens (tertiary/aromatic N) is 5. The van der Waals surface area contributed by atoms with Crippen molar-refractivity contribution in [2.75, 3.05) is 26.7 Å².